The van der Waals surface area contributed by atoms with Crippen molar-refractivity contribution in [3.05, 3.63) is 0 Å². The monoisotopic (exact) mass is 184 g/mol. The van der Waals surface area contributed by atoms with Crippen molar-refractivity contribution >= 4 is 24.8 Å². The summed E-state index contributed by atoms with van der Waals surface area (Å²) in [7, 11) is 1.95. The summed E-state index contributed by atoms with van der Waals surface area (Å²) in [6.07, 6.45) is 5.03. The van der Waals surface area contributed by atoms with Crippen molar-refractivity contribution in [1.82, 2.24) is 4.90 Å². The number of hydrogen-bond donors (Lipinski definition) is 1. The van der Waals surface area contributed by atoms with Crippen molar-refractivity contribution in [2.24, 2.45) is 5.73 Å². The molecule has 0 atom stereocenters. The zero-order chi connectivity index (χ0) is 6.41. The molecule has 0 fully saturated rings. The third-order valence-electron chi connectivity index (χ3n) is 0.872. The summed E-state index contributed by atoms with van der Waals surface area (Å²) >= 11 is 0. The molecule has 0 saturated heterocycles. The highest BCUT2D eigenvalue weighted by Gasteiger charge is 1.88. The quantitative estimate of drug-likeness (QED) is 0.643. The molecule has 62 valence electrons. The maximum Gasteiger partial charge on any atom is 0.0596 e. The zero-order valence-electron chi connectivity index (χ0n) is 6.04. The minimum absolute atomic E-state index is 0. The van der Waals surface area contributed by atoms with Crippen molar-refractivity contribution in [3.63, 3.8) is 0 Å². The lowest BCUT2D eigenvalue weighted by Crippen LogP contribution is -2.25. The van der Waals surface area contributed by atoms with E-state index in [1.54, 1.807) is 0 Å². The summed E-state index contributed by atoms with van der Waals surface area (Å²) in [4.78, 5) is 2.00. The van der Waals surface area contributed by atoms with Crippen LogP contribution in [-0.4, -0.2) is 31.6 Å². The summed E-state index contributed by atoms with van der Waals surface area (Å²) in [5, 5.41) is 0. The lowest BCUT2D eigenvalue weighted by Gasteiger charge is -2.09. The molecule has 0 aliphatic heterocycles. The van der Waals surface area contributed by atoms with Gasteiger partial charge in [-0.05, 0) is 7.05 Å². The molecule has 0 aliphatic rings. The van der Waals surface area contributed by atoms with Crippen LogP contribution >= 0.6 is 24.8 Å². The predicted molar refractivity (Wildman–Crippen MR) is 49.9 cm³/mol. The van der Waals surface area contributed by atoms with Gasteiger partial charge in [0.1, 0.15) is 0 Å². The first-order valence-corrected chi connectivity index (χ1v) is 2.63. The van der Waals surface area contributed by atoms with Gasteiger partial charge in [0.15, 0.2) is 0 Å². The van der Waals surface area contributed by atoms with Crippen molar-refractivity contribution < 1.29 is 0 Å². The van der Waals surface area contributed by atoms with Gasteiger partial charge in [-0.3, -0.25) is 4.90 Å². The smallest absolute Gasteiger partial charge is 0.0596 e. The Balaban J connectivity index is -0.000000245. The molecule has 0 saturated carbocycles. The number of nitrogens with zero attached hydrogens (tertiary/aromatic N) is 1. The van der Waals surface area contributed by atoms with Crippen LogP contribution in [0.15, 0.2) is 0 Å². The molecule has 0 aromatic carbocycles. The van der Waals surface area contributed by atoms with E-state index in [0.29, 0.717) is 13.1 Å². The highest BCUT2D eigenvalue weighted by molar-refractivity contribution is 5.85. The summed E-state index contributed by atoms with van der Waals surface area (Å²) in [5.41, 5.74) is 5.25. The standard InChI is InChI=1S/C6H12N2.2ClH/c1-3-5-8(2)6-4-7;;/h1H,4-7H2,2H3;2*1H. The molecular formula is C6H14Cl2N2. The van der Waals surface area contributed by atoms with Gasteiger partial charge < -0.3 is 5.73 Å². The summed E-state index contributed by atoms with van der Waals surface area (Å²) in [6, 6.07) is 0. The highest BCUT2D eigenvalue weighted by Crippen LogP contribution is 1.74. The van der Waals surface area contributed by atoms with Gasteiger partial charge in [-0.2, -0.15) is 0 Å². The van der Waals surface area contributed by atoms with E-state index in [1.807, 2.05) is 11.9 Å². The van der Waals surface area contributed by atoms with Crippen LogP contribution in [0.5, 0.6) is 0 Å². The van der Waals surface area contributed by atoms with E-state index in [0.717, 1.165) is 6.54 Å². The van der Waals surface area contributed by atoms with Gasteiger partial charge in [-0.15, -0.1) is 31.2 Å². The second kappa shape index (κ2) is 11.8. The Kier molecular flexibility index (Phi) is 19.6. The molecular weight excluding hydrogens is 171 g/mol. The Morgan fingerprint density at radius 2 is 2.00 bits per heavy atom. The summed E-state index contributed by atoms with van der Waals surface area (Å²) in [6.45, 7) is 2.25. The zero-order valence-corrected chi connectivity index (χ0v) is 7.67. The van der Waals surface area contributed by atoms with Crippen LogP contribution in [0.25, 0.3) is 0 Å². The van der Waals surface area contributed by atoms with Crippen molar-refractivity contribution in [1.29, 1.82) is 0 Å². The van der Waals surface area contributed by atoms with Gasteiger partial charge in [-0.25, -0.2) is 0 Å². The minimum Gasteiger partial charge on any atom is -0.329 e. The average Bonchev–Trinajstić information content (AvgIpc) is 1.68. The van der Waals surface area contributed by atoms with Crippen molar-refractivity contribution in [3.8, 4) is 12.3 Å². The highest BCUT2D eigenvalue weighted by atomic mass is 35.5. The summed E-state index contributed by atoms with van der Waals surface area (Å²) < 4.78 is 0. The normalized spacial score (nSPS) is 7.40. The first-order chi connectivity index (χ1) is 3.81. The molecule has 0 aromatic heterocycles. The number of hydrogen-bond acceptors (Lipinski definition) is 2. The number of nitrogens with two attached hydrogens (primary N) is 1. The number of rotatable bonds is 3. The molecule has 2 N–H and O–H groups in total. The molecule has 2 nitrogen and oxygen atoms in total. The lowest BCUT2D eigenvalue weighted by molar-refractivity contribution is 0.387. The van der Waals surface area contributed by atoms with Crippen LogP contribution in [0.1, 0.15) is 0 Å². The maximum absolute atomic E-state index is 5.25. The molecule has 0 rings (SSSR count). The van der Waals surface area contributed by atoms with Gasteiger partial charge in [0.25, 0.3) is 0 Å². The van der Waals surface area contributed by atoms with E-state index in [-0.39, 0.29) is 24.8 Å². The van der Waals surface area contributed by atoms with E-state index in [4.69, 9.17) is 12.2 Å². The Hall–Kier alpha value is 0.0600. The maximum atomic E-state index is 5.25. The molecule has 0 spiro atoms. The fraction of sp³-hybridized carbons (Fsp3) is 0.667. The van der Waals surface area contributed by atoms with E-state index < -0.39 is 0 Å². The molecule has 0 radical (unpaired) electrons. The lowest BCUT2D eigenvalue weighted by atomic mass is 10.5. The van der Waals surface area contributed by atoms with Crippen LogP contribution in [-0.2, 0) is 0 Å². The average molecular weight is 185 g/mol. The second-order valence-corrected chi connectivity index (χ2v) is 1.73. The van der Waals surface area contributed by atoms with E-state index in [9.17, 15) is 0 Å². The first kappa shape index (κ1) is 16.6. The van der Waals surface area contributed by atoms with Crippen LogP contribution in [0.2, 0.25) is 0 Å². The Morgan fingerprint density at radius 1 is 1.50 bits per heavy atom. The van der Waals surface area contributed by atoms with Crippen LogP contribution in [0, 0.1) is 12.3 Å². The van der Waals surface area contributed by atoms with E-state index in [2.05, 4.69) is 5.92 Å². The first-order valence-electron chi connectivity index (χ1n) is 2.63. The molecule has 0 aromatic rings. The second-order valence-electron chi connectivity index (χ2n) is 1.73. The van der Waals surface area contributed by atoms with Gasteiger partial charge in [0.2, 0.25) is 0 Å². The fourth-order valence-corrected chi connectivity index (χ4v) is 0.455. The van der Waals surface area contributed by atoms with Gasteiger partial charge >= 0.3 is 0 Å². The third-order valence-corrected chi connectivity index (χ3v) is 0.872. The molecule has 0 heterocycles. The molecule has 0 unspecified atom stereocenters. The third kappa shape index (κ3) is 10.9. The Morgan fingerprint density at radius 3 is 2.30 bits per heavy atom. The molecule has 0 bridgehead atoms. The Labute approximate surface area is 75.0 Å². The summed E-state index contributed by atoms with van der Waals surface area (Å²) in [5.74, 6) is 2.52. The molecule has 4 heteroatoms. The van der Waals surface area contributed by atoms with Gasteiger partial charge in [0.05, 0.1) is 6.54 Å². The number of terminal acetylenes is 1. The largest absolute Gasteiger partial charge is 0.329 e. The van der Waals surface area contributed by atoms with Gasteiger partial charge in [-0.1, -0.05) is 5.92 Å². The van der Waals surface area contributed by atoms with Crippen molar-refractivity contribution in [2.45, 2.75) is 0 Å². The number of likely N-dealkylation sites (N-methyl/N-ethyl adjacent to an activating group) is 1. The van der Waals surface area contributed by atoms with Gasteiger partial charge in [0, 0.05) is 13.1 Å². The minimum atomic E-state index is 0. The topological polar surface area (TPSA) is 29.3 Å². The molecule has 0 amide bonds. The SMILES string of the molecule is C#CCN(C)CCN.Cl.Cl. The molecule has 0 aliphatic carbocycles. The molecule has 10 heavy (non-hydrogen) atoms. The van der Waals surface area contributed by atoms with Crippen LogP contribution < -0.4 is 5.73 Å². The van der Waals surface area contributed by atoms with E-state index in [1.165, 1.54) is 0 Å². The number of halogens is 2. The fourth-order valence-electron chi connectivity index (χ4n) is 0.455. The predicted octanol–water partition coefficient (Wildman–Crippen LogP) is 0.354. The van der Waals surface area contributed by atoms with Crippen LogP contribution in [0.4, 0.5) is 0 Å². The van der Waals surface area contributed by atoms with Crippen LogP contribution in [0.3, 0.4) is 0 Å². The van der Waals surface area contributed by atoms with Crippen molar-refractivity contribution in [2.75, 3.05) is 26.7 Å². The Bertz CT molecular complexity index is 90.2. The van der Waals surface area contributed by atoms with E-state index >= 15 is 0 Å².